The zero-order valence-electron chi connectivity index (χ0n) is 23.9. The van der Waals surface area contributed by atoms with Gasteiger partial charge in [-0.15, -0.1) is 20.2 Å². The summed E-state index contributed by atoms with van der Waals surface area (Å²) in [6, 6.07) is 13.3. The molecule has 2 rings (SSSR count). The van der Waals surface area contributed by atoms with Crippen LogP contribution in [0.25, 0.3) is 0 Å². The fraction of sp³-hybridized carbons (Fsp3) is 0.429. The van der Waals surface area contributed by atoms with E-state index in [1.165, 1.54) is 0 Å². The van der Waals surface area contributed by atoms with Crippen LogP contribution < -0.4 is 15.2 Å². The smallest absolute Gasteiger partial charge is 0.318 e. The Balaban J connectivity index is 1.69. The second kappa shape index (κ2) is 19.8. The van der Waals surface area contributed by atoms with Gasteiger partial charge in [0.25, 0.3) is 16.6 Å². The summed E-state index contributed by atoms with van der Waals surface area (Å²) in [4.78, 5) is 68.4. The lowest BCUT2D eigenvalue weighted by Gasteiger charge is -2.14. The summed E-state index contributed by atoms with van der Waals surface area (Å²) in [5.41, 5.74) is 7.62. The van der Waals surface area contributed by atoms with Crippen molar-refractivity contribution in [3.8, 4) is 11.5 Å². The second-order valence-electron chi connectivity index (χ2n) is 9.31. The molecule has 0 heterocycles. The lowest BCUT2D eigenvalue weighted by atomic mass is 10.1. The standard InChI is InChI=1S/C28H34N4O12/c29-26(19-28(35)44-24-13-9-22(10-14-24)5-3-17-42-32(38)39)30-15-1-6-25(40-20-33)18-27(34)43-23-11-7-21(8-12-23)4-2-16-41-31(36)37/h7-14,20,25H,1-6,15-19H2,(H2,29,30). The maximum Gasteiger partial charge on any atom is 0.318 e. The molecule has 0 aromatic heterocycles. The zero-order chi connectivity index (χ0) is 32.2. The van der Waals surface area contributed by atoms with Gasteiger partial charge in [-0.2, -0.15) is 0 Å². The molecule has 2 aromatic rings. The number of aryl methyl sites for hydroxylation is 2. The first kappa shape index (κ1) is 34.9. The third-order valence-corrected chi connectivity index (χ3v) is 5.89. The SMILES string of the molecule is NC(CC(=O)Oc1ccc(CCCO[N+](=O)[O-])cc1)=NCCCC(CC(=O)Oc1ccc(CCCO[N+](=O)[O-])cc1)OC=O. The number of benzene rings is 2. The molecule has 0 aliphatic heterocycles. The Hall–Kier alpha value is -5.28. The van der Waals surface area contributed by atoms with Gasteiger partial charge >= 0.3 is 11.9 Å². The number of carbonyl (C=O) groups is 3. The van der Waals surface area contributed by atoms with E-state index in [1.54, 1.807) is 48.5 Å². The topological polar surface area (TPSA) is 222 Å². The number of hydrogen-bond acceptors (Lipinski definition) is 13. The van der Waals surface area contributed by atoms with Crippen LogP contribution in [-0.2, 0) is 41.6 Å². The Morgan fingerprint density at radius 1 is 0.818 bits per heavy atom. The summed E-state index contributed by atoms with van der Waals surface area (Å²) in [5, 5.41) is 18.7. The highest BCUT2D eigenvalue weighted by Gasteiger charge is 2.17. The molecule has 0 saturated carbocycles. The van der Waals surface area contributed by atoms with Gasteiger partial charge in [-0.3, -0.25) is 19.4 Å². The minimum Gasteiger partial charge on any atom is -0.464 e. The van der Waals surface area contributed by atoms with E-state index in [-0.39, 0.29) is 44.9 Å². The van der Waals surface area contributed by atoms with Gasteiger partial charge in [0.2, 0.25) is 0 Å². The lowest BCUT2D eigenvalue weighted by molar-refractivity contribution is -0.757. The van der Waals surface area contributed by atoms with Crippen molar-refractivity contribution in [2.24, 2.45) is 10.7 Å². The van der Waals surface area contributed by atoms with Crippen LogP contribution in [-0.4, -0.2) is 60.3 Å². The number of nitrogens with two attached hydrogens (primary N) is 1. The van der Waals surface area contributed by atoms with Crippen molar-refractivity contribution in [2.75, 3.05) is 19.8 Å². The van der Waals surface area contributed by atoms with Crippen LogP contribution in [0.5, 0.6) is 11.5 Å². The van der Waals surface area contributed by atoms with Crippen molar-refractivity contribution in [1.29, 1.82) is 0 Å². The molecule has 0 fully saturated rings. The molecule has 1 atom stereocenters. The molecule has 0 bridgehead atoms. The van der Waals surface area contributed by atoms with Crippen molar-refractivity contribution in [1.82, 2.24) is 0 Å². The Morgan fingerprint density at radius 3 is 1.80 bits per heavy atom. The molecular weight excluding hydrogens is 584 g/mol. The number of amidine groups is 1. The van der Waals surface area contributed by atoms with Crippen molar-refractivity contribution in [2.45, 2.75) is 57.5 Å². The minimum atomic E-state index is -0.844. The molecular formula is C28H34N4O12. The van der Waals surface area contributed by atoms with E-state index in [9.17, 15) is 34.6 Å². The van der Waals surface area contributed by atoms with E-state index in [4.69, 9.17) is 19.9 Å². The van der Waals surface area contributed by atoms with Gasteiger partial charge in [-0.25, -0.2) is 0 Å². The summed E-state index contributed by atoms with van der Waals surface area (Å²) >= 11 is 0. The fourth-order valence-corrected chi connectivity index (χ4v) is 3.85. The molecule has 238 valence electrons. The zero-order valence-corrected chi connectivity index (χ0v) is 23.9. The molecule has 0 saturated heterocycles. The molecule has 0 amide bonds. The number of rotatable bonds is 22. The van der Waals surface area contributed by atoms with Gasteiger partial charge in [0.05, 0.1) is 19.6 Å². The van der Waals surface area contributed by atoms with E-state index in [2.05, 4.69) is 14.7 Å². The van der Waals surface area contributed by atoms with Crippen LogP contribution in [0, 0.1) is 20.2 Å². The summed E-state index contributed by atoms with van der Waals surface area (Å²) in [5.74, 6) is -0.555. The summed E-state index contributed by atoms with van der Waals surface area (Å²) < 4.78 is 15.5. The monoisotopic (exact) mass is 618 g/mol. The van der Waals surface area contributed by atoms with Crippen molar-refractivity contribution < 1.29 is 48.4 Å². The van der Waals surface area contributed by atoms with Crippen LogP contribution in [0.1, 0.15) is 49.7 Å². The molecule has 44 heavy (non-hydrogen) atoms. The van der Waals surface area contributed by atoms with Gasteiger partial charge in [-0.1, -0.05) is 24.3 Å². The number of aliphatic imine (C=N–C) groups is 1. The first-order chi connectivity index (χ1) is 21.1. The fourth-order valence-electron chi connectivity index (χ4n) is 3.85. The van der Waals surface area contributed by atoms with Gasteiger partial charge in [0, 0.05) is 6.54 Å². The first-order valence-electron chi connectivity index (χ1n) is 13.7. The predicted molar refractivity (Wildman–Crippen MR) is 153 cm³/mol. The Morgan fingerprint density at radius 2 is 1.32 bits per heavy atom. The molecule has 0 aliphatic carbocycles. The van der Waals surface area contributed by atoms with Gasteiger partial charge in [0.1, 0.15) is 29.9 Å². The highest BCUT2D eigenvalue weighted by molar-refractivity contribution is 5.97. The Labute approximate surface area is 252 Å². The number of carbonyl (C=O) groups excluding carboxylic acids is 3. The second-order valence-corrected chi connectivity index (χ2v) is 9.31. The quantitative estimate of drug-likeness (QED) is 0.0293. The van der Waals surface area contributed by atoms with Crippen molar-refractivity contribution in [3.63, 3.8) is 0 Å². The molecule has 0 spiro atoms. The Kier molecular flexibility index (Phi) is 15.7. The van der Waals surface area contributed by atoms with Crippen molar-refractivity contribution in [3.05, 3.63) is 79.9 Å². The third-order valence-electron chi connectivity index (χ3n) is 5.89. The number of nitrogens with zero attached hydrogens (tertiary/aromatic N) is 3. The average molecular weight is 619 g/mol. The van der Waals surface area contributed by atoms with Crippen LogP contribution in [0.3, 0.4) is 0 Å². The minimum absolute atomic E-state index is 0.00798. The maximum absolute atomic E-state index is 12.3. The summed E-state index contributed by atoms with van der Waals surface area (Å²) in [7, 11) is 0. The number of ether oxygens (including phenoxy) is 3. The van der Waals surface area contributed by atoms with Crippen LogP contribution in [0.15, 0.2) is 53.5 Å². The molecule has 2 aromatic carbocycles. The molecule has 1 unspecified atom stereocenters. The first-order valence-corrected chi connectivity index (χ1v) is 13.7. The van der Waals surface area contributed by atoms with Crippen LogP contribution in [0.2, 0.25) is 0 Å². The normalized spacial score (nSPS) is 11.6. The Bertz CT molecular complexity index is 1250. The summed E-state index contributed by atoms with van der Waals surface area (Å²) in [6.45, 7) is 0.445. The third kappa shape index (κ3) is 15.6. The van der Waals surface area contributed by atoms with E-state index in [0.29, 0.717) is 50.0 Å². The highest BCUT2D eigenvalue weighted by Crippen LogP contribution is 2.17. The predicted octanol–water partition coefficient (Wildman–Crippen LogP) is 2.94. The van der Waals surface area contributed by atoms with E-state index < -0.39 is 28.2 Å². The molecule has 16 heteroatoms. The average Bonchev–Trinajstić information content (AvgIpc) is 2.97. The van der Waals surface area contributed by atoms with Gasteiger partial charge in [0.15, 0.2) is 0 Å². The molecule has 0 aliphatic rings. The van der Waals surface area contributed by atoms with E-state index in [1.807, 2.05) is 0 Å². The summed E-state index contributed by atoms with van der Waals surface area (Å²) in [6.07, 6.45) is 1.56. The van der Waals surface area contributed by atoms with Crippen LogP contribution >= 0.6 is 0 Å². The highest BCUT2D eigenvalue weighted by atomic mass is 17.0. The lowest BCUT2D eigenvalue weighted by Crippen LogP contribution is -2.22. The largest absolute Gasteiger partial charge is 0.464 e. The molecule has 2 N–H and O–H groups in total. The van der Waals surface area contributed by atoms with Gasteiger partial charge < -0.3 is 29.6 Å². The number of esters is 2. The molecule has 0 radical (unpaired) electrons. The van der Waals surface area contributed by atoms with Crippen molar-refractivity contribution >= 4 is 24.2 Å². The maximum atomic E-state index is 12.3. The van der Waals surface area contributed by atoms with E-state index >= 15 is 0 Å². The number of hydrogen-bond donors (Lipinski definition) is 1. The molecule has 16 nitrogen and oxygen atoms in total. The van der Waals surface area contributed by atoms with Gasteiger partial charge in [-0.05, 0) is 73.9 Å². The van der Waals surface area contributed by atoms with Crippen LogP contribution in [0.4, 0.5) is 0 Å². The van der Waals surface area contributed by atoms with E-state index in [0.717, 1.165) is 11.1 Å².